The van der Waals surface area contributed by atoms with Crippen molar-refractivity contribution in [2.24, 2.45) is 10.1 Å². The van der Waals surface area contributed by atoms with Gasteiger partial charge in [-0.2, -0.15) is 11.3 Å². The van der Waals surface area contributed by atoms with Gasteiger partial charge in [0.1, 0.15) is 5.76 Å². The Labute approximate surface area is 168 Å². The van der Waals surface area contributed by atoms with Crippen LogP contribution in [0.2, 0.25) is 0 Å². The van der Waals surface area contributed by atoms with Crippen molar-refractivity contribution in [3.05, 3.63) is 76.4 Å². The predicted octanol–water partition coefficient (Wildman–Crippen LogP) is 2.47. The standard InChI is InChI=1S/C19H22N4O3S2/c20-28(24,25)18-5-3-15(4-6-18)12-22-19(23-13-16-8-11-27-14-16)21-9-7-17-2-1-10-26-17/h1-6,8,10-11,14H,7,9,12-13H2,(H2,20,24,25)(H2,21,22,23). The van der Waals surface area contributed by atoms with E-state index in [1.54, 1.807) is 29.7 Å². The number of primary sulfonamides is 1. The molecule has 0 radical (unpaired) electrons. The van der Waals surface area contributed by atoms with Crippen molar-refractivity contribution < 1.29 is 12.8 Å². The summed E-state index contributed by atoms with van der Waals surface area (Å²) in [6.07, 6.45) is 2.40. The number of hydrogen-bond donors (Lipinski definition) is 3. The molecule has 0 aliphatic rings. The molecule has 0 saturated heterocycles. The number of furan rings is 1. The van der Waals surface area contributed by atoms with Crippen molar-refractivity contribution in [3.8, 4) is 0 Å². The first-order chi connectivity index (χ1) is 13.5. The van der Waals surface area contributed by atoms with Crippen LogP contribution in [-0.2, 0) is 29.5 Å². The summed E-state index contributed by atoms with van der Waals surface area (Å²) in [5.41, 5.74) is 2.07. The Hall–Kier alpha value is -2.62. The van der Waals surface area contributed by atoms with Crippen LogP contribution in [0.5, 0.6) is 0 Å². The Morgan fingerprint density at radius 2 is 1.93 bits per heavy atom. The molecule has 0 aliphatic heterocycles. The number of hydrogen-bond acceptors (Lipinski definition) is 5. The Bertz CT molecular complexity index is 981. The van der Waals surface area contributed by atoms with Crippen LogP contribution in [0.25, 0.3) is 0 Å². The van der Waals surface area contributed by atoms with Gasteiger partial charge in [-0.3, -0.25) is 0 Å². The molecule has 0 amide bonds. The summed E-state index contributed by atoms with van der Waals surface area (Å²) in [7, 11) is -3.68. The van der Waals surface area contributed by atoms with E-state index in [0.717, 1.165) is 23.3 Å². The van der Waals surface area contributed by atoms with Crippen molar-refractivity contribution in [2.75, 3.05) is 6.54 Å². The van der Waals surface area contributed by atoms with Crippen molar-refractivity contribution >= 4 is 27.3 Å². The van der Waals surface area contributed by atoms with Gasteiger partial charge in [-0.15, -0.1) is 0 Å². The summed E-state index contributed by atoms with van der Waals surface area (Å²) in [6.45, 7) is 1.75. The van der Waals surface area contributed by atoms with E-state index in [2.05, 4.69) is 21.0 Å². The molecule has 3 rings (SSSR count). The van der Waals surface area contributed by atoms with Crippen molar-refractivity contribution in [1.82, 2.24) is 10.6 Å². The number of sulfonamides is 1. The summed E-state index contributed by atoms with van der Waals surface area (Å²) < 4.78 is 28.0. The van der Waals surface area contributed by atoms with Gasteiger partial charge in [-0.1, -0.05) is 12.1 Å². The lowest BCUT2D eigenvalue weighted by molar-refractivity contribution is 0.506. The zero-order valence-corrected chi connectivity index (χ0v) is 16.8. The molecule has 148 valence electrons. The van der Waals surface area contributed by atoms with Crippen LogP contribution in [0.3, 0.4) is 0 Å². The molecule has 0 spiro atoms. The molecule has 7 nitrogen and oxygen atoms in total. The molecule has 0 bridgehead atoms. The molecule has 9 heteroatoms. The topological polar surface area (TPSA) is 110 Å². The second-order valence-corrected chi connectivity index (χ2v) is 8.44. The van der Waals surface area contributed by atoms with E-state index < -0.39 is 10.0 Å². The summed E-state index contributed by atoms with van der Waals surface area (Å²) in [5.74, 6) is 1.58. The van der Waals surface area contributed by atoms with Gasteiger partial charge in [-0.05, 0) is 52.2 Å². The van der Waals surface area contributed by atoms with E-state index in [-0.39, 0.29) is 4.90 Å². The fourth-order valence-corrected chi connectivity index (χ4v) is 3.64. The molecule has 2 heterocycles. The minimum atomic E-state index is -3.68. The SMILES string of the molecule is NS(=O)(=O)c1ccc(CNC(=NCc2ccsc2)NCCc2ccco2)cc1. The van der Waals surface area contributed by atoms with Gasteiger partial charge in [0, 0.05) is 19.5 Å². The number of rotatable bonds is 8. The molecule has 28 heavy (non-hydrogen) atoms. The van der Waals surface area contributed by atoms with Gasteiger partial charge >= 0.3 is 0 Å². The molecular formula is C19H22N4O3S2. The monoisotopic (exact) mass is 418 g/mol. The summed E-state index contributed by atoms with van der Waals surface area (Å²) >= 11 is 1.64. The number of guanidine groups is 1. The molecule has 1 aromatic carbocycles. The number of nitrogens with zero attached hydrogens (tertiary/aromatic N) is 1. The second-order valence-electron chi connectivity index (χ2n) is 6.10. The first-order valence-electron chi connectivity index (χ1n) is 8.68. The second kappa shape index (κ2) is 9.54. The van der Waals surface area contributed by atoms with E-state index in [9.17, 15) is 8.42 Å². The van der Waals surface area contributed by atoms with Crippen LogP contribution in [0, 0.1) is 0 Å². The first kappa shape index (κ1) is 20.1. The quantitative estimate of drug-likeness (QED) is 0.385. The fourth-order valence-electron chi connectivity index (χ4n) is 2.47. The van der Waals surface area contributed by atoms with Gasteiger partial charge in [0.2, 0.25) is 10.0 Å². The summed E-state index contributed by atoms with van der Waals surface area (Å²) in [6, 6.07) is 12.3. The Morgan fingerprint density at radius 1 is 1.11 bits per heavy atom. The van der Waals surface area contributed by atoms with Crippen LogP contribution >= 0.6 is 11.3 Å². The Kier molecular flexibility index (Phi) is 6.85. The van der Waals surface area contributed by atoms with E-state index in [0.29, 0.717) is 25.6 Å². The van der Waals surface area contributed by atoms with E-state index in [1.807, 2.05) is 23.6 Å². The van der Waals surface area contributed by atoms with Crippen molar-refractivity contribution in [3.63, 3.8) is 0 Å². The van der Waals surface area contributed by atoms with Crippen molar-refractivity contribution in [2.45, 2.75) is 24.4 Å². The van der Waals surface area contributed by atoms with Crippen molar-refractivity contribution in [1.29, 1.82) is 0 Å². The lowest BCUT2D eigenvalue weighted by atomic mass is 10.2. The van der Waals surface area contributed by atoms with Crippen LogP contribution in [0.4, 0.5) is 0 Å². The normalized spacial score (nSPS) is 12.1. The zero-order valence-electron chi connectivity index (χ0n) is 15.2. The van der Waals surface area contributed by atoms with Gasteiger partial charge in [0.25, 0.3) is 0 Å². The fraction of sp³-hybridized carbons (Fsp3) is 0.211. The van der Waals surface area contributed by atoms with Gasteiger partial charge in [-0.25, -0.2) is 18.5 Å². The maximum absolute atomic E-state index is 11.3. The largest absolute Gasteiger partial charge is 0.469 e. The van der Waals surface area contributed by atoms with Gasteiger partial charge in [0.05, 0.1) is 17.7 Å². The molecular weight excluding hydrogens is 396 g/mol. The lowest BCUT2D eigenvalue weighted by Crippen LogP contribution is -2.38. The summed E-state index contributed by atoms with van der Waals surface area (Å²) in [5, 5.41) is 15.8. The van der Waals surface area contributed by atoms with E-state index in [4.69, 9.17) is 9.56 Å². The average Bonchev–Trinajstić information content (AvgIpc) is 3.37. The molecule has 0 atom stereocenters. The molecule has 0 aliphatic carbocycles. The number of nitrogens with two attached hydrogens (primary N) is 1. The molecule has 0 unspecified atom stereocenters. The highest BCUT2D eigenvalue weighted by Crippen LogP contribution is 2.09. The highest BCUT2D eigenvalue weighted by atomic mass is 32.2. The van der Waals surface area contributed by atoms with Crippen LogP contribution in [0.1, 0.15) is 16.9 Å². The third-order valence-electron chi connectivity index (χ3n) is 3.96. The number of thiophene rings is 1. The smallest absolute Gasteiger partial charge is 0.238 e. The van der Waals surface area contributed by atoms with E-state index in [1.165, 1.54) is 12.1 Å². The first-order valence-corrected chi connectivity index (χ1v) is 11.2. The molecule has 3 aromatic rings. The maximum Gasteiger partial charge on any atom is 0.238 e. The molecule has 4 N–H and O–H groups in total. The van der Waals surface area contributed by atoms with Gasteiger partial charge in [0.15, 0.2) is 5.96 Å². The lowest BCUT2D eigenvalue weighted by Gasteiger charge is -2.12. The molecule has 2 aromatic heterocycles. The van der Waals surface area contributed by atoms with Crippen LogP contribution < -0.4 is 15.8 Å². The molecule has 0 saturated carbocycles. The highest BCUT2D eigenvalue weighted by molar-refractivity contribution is 7.89. The average molecular weight is 419 g/mol. The Balaban J connectivity index is 1.59. The number of aliphatic imine (C=N–C) groups is 1. The number of nitrogens with one attached hydrogen (secondary N) is 2. The maximum atomic E-state index is 11.3. The third kappa shape index (κ3) is 6.22. The van der Waals surface area contributed by atoms with Crippen LogP contribution in [-0.4, -0.2) is 20.9 Å². The highest BCUT2D eigenvalue weighted by Gasteiger charge is 2.07. The van der Waals surface area contributed by atoms with E-state index >= 15 is 0 Å². The Morgan fingerprint density at radius 3 is 2.57 bits per heavy atom. The zero-order chi connectivity index (χ0) is 19.8. The summed E-state index contributed by atoms with van der Waals surface area (Å²) in [4.78, 5) is 4.71. The van der Waals surface area contributed by atoms with Gasteiger partial charge < -0.3 is 15.1 Å². The number of benzene rings is 1. The minimum absolute atomic E-state index is 0.0965. The minimum Gasteiger partial charge on any atom is -0.469 e. The molecule has 0 fully saturated rings. The van der Waals surface area contributed by atoms with Crippen LogP contribution in [0.15, 0.2) is 73.8 Å². The third-order valence-corrected chi connectivity index (χ3v) is 5.62. The predicted molar refractivity (Wildman–Crippen MR) is 111 cm³/mol.